The SMILES string of the molecule is COc1cc(N2CCOCC2)cc2c1ncn2C(=O)NCCc1ccccc1. The molecule has 7 nitrogen and oxygen atoms in total. The zero-order chi connectivity index (χ0) is 19.3. The summed E-state index contributed by atoms with van der Waals surface area (Å²) in [4.78, 5) is 19.4. The van der Waals surface area contributed by atoms with Crippen LogP contribution in [0.25, 0.3) is 11.0 Å². The summed E-state index contributed by atoms with van der Waals surface area (Å²) in [6, 6.07) is 13.9. The number of nitrogens with zero attached hydrogens (tertiary/aromatic N) is 3. The van der Waals surface area contributed by atoms with Crippen molar-refractivity contribution >= 4 is 22.8 Å². The van der Waals surface area contributed by atoms with E-state index in [1.807, 2.05) is 30.3 Å². The van der Waals surface area contributed by atoms with E-state index in [2.05, 4.69) is 27.3 Å². The third-order valence-corrected chi connectivity index (χ3v) is 4.95. The number of fused-ring (bicyclic) bond motifs is 1. The standard InChI is InChI=1S/C21H24N4O3/c1-27-19-14-17(24-9-11-28-12-10-24)13-18-20(19)23-15-25(18)21(26)22-8-7-16-5-3-2-4-6-16/h2-6,13-15H,7-12H2,1H3,(H,22,26). The Hall–Kier alpha value is -3.06. The minimum atomic E-state index is -0.195. The monoisotopic (exact) mass is 380 g/mol. The number of carbonyl (C=O) groups excluding carboxylic acids is 1. The molecule has 146 valence electrons. The summed E-state index contributed by atoms with van der Waals surface area (Å²) in [5.74, 6) is 0.662. The second-order valence-corrected chi connectivity index (χ2v) is 6.70. The quantitative estimate of drug-likeness (QED) is 0.737. The number of ether oxygens (including phenoxy) is 2. The van der Waals surface area contributed by atoms with Crippen molar-refractivity contribution < 1.29 is 14.3 Å². The lowest BCUT2D eigenvalue weighted by molar-refractivity contribution is 0.122. The summed E-state index contributed by atoms with van der Waals surface area (Å²) in [5, 5.41) is 2.97. The van der Waals surface area contributed by atoms with E-state index >= 15 is 0 Å². The summed E-state index contributed by atoms with van der Waals surface area (Å²) in [7, 11) is 1.62. The van der Waals surface area contributed by atoms with Gasteiger partial charge in [-0.25, -0.2) is 9.78 Å². The van der Waals surface area contributed by atoms with Crippen molar-refractivity contribution in [2.45, 2.75) is 6.42 Å². The van der Waals surface area contributed by atoms with Crippen LogP contribution in [0.15, 0.2) is 48.8 Å². The Kier molecular flexibility index (Phi) is 5.43. The number of hydrogen-bond acceptors (Lipinski definition) is 5. The average Bonchev–Trinajstić information content (AvgIpc) is 3.18. The third-order valence-electron chi connectivity index (χ3n) is 4.95. The largest absolute Gasteiger partial charge is 0.494 e. The van der Waals surface area contributed by atoms with Gasteiger partial charge in [0.2, 0.25) is 0 Å². The molecule has 1 amide bonds. The van der Waals surface area contributed by atoms with Crippen LogP contribution in [0.5, 0.6) is 5.75 Å². The van der Waals surface area contributed by atoms with E-state index in [0.29, 0.717) is 31.0 Å². The second kappa shape index (κ2) is 8.31. The van der Waals surface area contributed by atoms with E-state index in [1.54, 1.807) is 18.0 Å². The molecule has 1 aromatic heterocycles. The molecule has 1 N–H and O–H groups in total. The van der Waals surface area contributed by atoms with E-state index in [9.17, 15) is 4.79 Å². The molecule has 0 radical (unpaired) electrons. The molecular formula is C21H24N4O3. The molecule has 1 fully saturated rings. The van der Waals surface area contributed by atoms with Crippen LogP contribution in [0.4, 0.5) is 10.5 Å². The average molecular weight is 380 g/mol. The maximum absolute atomic E-state index is 12.7. The van der Waals surface area contributed by atoms with Gasteiger partial charge >= 0.3 is 6.03 Å². The van der Waals surface area contributed by atoms with Crippen LogP contribution in [0.3, 0.4) is 0 Å². The fourth-order valence-corrected chi connectivity index (χ4v) is 3.44. The first-order chi connectivity index (χ1) is 13.8. The van der Waals surface area contributed by atoms with Crippen molar-refractivity contribution in [1.29, 1.82) is 0 Å². The van der Waals surface area contributed by atoms with E-state index in [1.165, 1.54) is 5.56 Å². The Balaban J connectivity index is 1.55. The van der Waals surface area contributed by atoms with Crippen molar-refractivity contribution in [3.8, 4) is 5.75 Å². The Labute approximate surface area is 163 Å². The molecule has 2 aromatic carbocycles. The van der Waals surface area contributed by atoms with Crippen LogP contribution in [0.2, 0.25) is 0 Å². The molecule has 3 aromatic rings. The first-order valence-corrected chi connectivity index (χ1v) is 9.46. The molecule has 1 aliphatic rings. The fraction of sp³-hybridized carbons (Fsp3) is 0.333. The lowest BCUT2D eigenvalue weighted by Crippen LogP contribution is -2.36. The summed E-state index contributed by atoms with van der Waals surface area (Å²) in [5.41, 5.74) is 3.61. The predicted molar refractivity (Wildman–Crippen MR) is 108 cm³/mol. The molecule has 7 heteroatoms. The van der Waals surface area contributed by atoms with E-state index in [4.69, 9.17) is 9.47 Å². The highest BCUT2D eigenvalue weighted by Crippen LogP contribution is 2.31. The zero-order valence-electron chi connectivity index (χ0n) is 15.9. The molecule has 1 saturated heterocycles. The molecule has 0 unspecified atom stereocenters. The maximum Gasteiger partial charge on any atom is 0.327 e. The molecule has 4 rings (SSSR count). The molecule has 0 saturated carbocycles. The van der Waals surface area contributed by atoms with Crippen molar-refractivity contribution in [3.63, 3.8) is 0 Å². The highest BCUT2D eigenvalue weighted by atomic mass is 16.5. The van der Waals surface area contributed by atoms with Gasteiger partial charge in [-0.1, -0.05) is 30.3 Å². The molecule has 0 spiro atoms. The van der Waals surface area contributed by atoms with Crippen LogP contribution in [0.1, 0.15) is 5.56 Å². The Bertz CT molecular complexity index is 949. The molecular weight excluding hydrogens is 356 g/mol. The Morgan fingerprint density at radius 1 is 1.21 bits per heavy atom. The van der Waals surface area contributed by atoms with Crippen LogP contribution >= 0.6 is 0 Å². The van der Waals surface area contributed by atoms with Crippen molar-refractivity contribution in [2.75, 3.05) is 44.9 Å². The highest BCUT2D eigenvalue weighted by Gasteiger charge is 2.18. The third kappa shape index (κ3) is 3.80. The Morgan fingerprint density at radius 2 is 2.00 bits per heavy atom. The predicted octanol–water partition coefficient (Wildman–Crippen LogP) is 2.68. The molecule has 0 bridgehead atoms. The van der Waals surface area contributed by atoms with Gasteiger partial charge in [0, 0.05) is 31.4 Å². The number of rotatable bonds is 5. The van der Waals surface area contributed by atoms with Crippen molar-refractivity contribution in [3.05, 3.63) is 54.4 Å². The minimum Gasteiger partial charge on any atom is -0.494 e. The molecule has 0 aliphatic carbocycles. The molecule has 1 aliphatic heterocycles. The number of amides is 1. The second-order valence-electron chi connectivity index (χ2n) is 6.70. The molecule has 28 heavy (non-hydrogen) atoms. The number of carbonyl (C=O) groups is 1. The van der Waals surface area contributed by atoms with E-state index in [0.717, 1.165) is 30.7 Å². The van der Waals surface area contributed by atoms with Crippen molar-refractivity contribution in [2.24, 2.45) is 0 Å². The number of anilines is 1. The molecule has 0 atom stereocenters. The number of nitrogens with one attached hydrogen (secondary N) is 1. The topological polar surface area (TPSA) is 68.6 Å². The fourth-order valence-electron chi connectivity index (χ4n) is 3.44. The summed E-state index contributed by atoms with van der Waals surface area (Å²) in [6.07, 6.45) is 2.33. The zero-order valence-corrected chi connectivity index (χ0v) is 15.9. The van der Waals surface area contributed by atoms with Gasteiger partial charge in [0.05, 0.1) is 25.8 Å². The normalized spacial score (nSPS) is 14.2. The first kappa shape index (κ1) is 18.3. The smallest absolute Gasteiger partial charge is 0.327 e. The van der Waals surface area contributed by atoms with Gasteiger partial charge in [0.1, 0.15) is 17.6 Å². The number of methoxy groups -OCH3 is 1. The lowest BCUT2D eigenvalue weighted by Gasteiger charge is -2.29. The number of morpholine rings is 1. The maximum atomic E-state index is 12.7. The number of imidazole rings is 1. The highest BCUT2D eigenvalue weighted by molar-refractivity contribution is 5.94. The van der Waals surface area contributed by atoms with E-state index in [-0.39, 0.29) is 6.03 Å². The van der Waals surface area contributed by atoms with Gasteiger partial charge in [-0.2, -0.15) is 0 Å². The number of hydrogen-bond donors (Lipinski definition) is 1. The van der Waals surface area contributed by atoms with Gasteiger partial charge in [-0.15, -0.1) is 0 Å². The van der Waals surface area contributed by atoms with Crippen molar-refractivity contribution in [1.82, 2.24) is 14.9 Å². The van der Waals surface area contributed by atoms with Crippen LogP contribution in [-0.4, -0.2) is 55.5 Å². The van der Waals surface area contributed by atoms with Crippen LogP contribution < -0.4 is 15.0 Å². The lowest BCUT2D eigenvalue weighted by atomic mass is 10.1. The number of benzene rings is 2. The van der Waals surface area contributed by atoms with Gasteiger partial charge < -0.3 is 19.7 Å². The van der Waals surface area contributed by atoms with Crippen LogP contribution in [0, 0.1) is 0 Å². The summed E-state index contributed by atoms with van der Waals surface area (Å²) >= 11 is 0. The summed E-state index contributed by atoms with van der Waals surface area (Å²) < 4.78 is 12.5. The van der Waals surface area contributed by atoms with Gasteiger partial charge in [0.25, 0.3) is 0 Å². The minimum absolute atomic E-state index is 0.195. The summed E-state index contributed by atoms with van der Waals surface area (Å²) in [6.45, 7) is 3.57. The van der Waals surface area contributed by atoms with Gasteiger partial charge in [0.15, 0.2) is 0 Å². The van der Waals surface area contributed by atoms with Gasteiger partial charge in [-0.05, 0) is 18.1 Å². The van der Waals surface area contributed by atoms with E-state index < -0.39 is 0 Å². The number of aromatic nitrogens is 2. The van der Waals surface area contributed by atoms with Gasteiger partial charge in [-0.3, -0.25) is 4.57 Å². The first-order valence-electron chi connectivity index (χ1n) is 9.46. The molecule has 2 heterocycles. The Morgan fingerprint density at radius 3 is 2.75 bits per heavy atom. The van der Waals surface area contributed by atoms with Crippen LogP contribution in [-0.2, 0) is 11.2 Å².